The molecule has 6 heteroatoms. The van der Waals surface area contributed by atoms with Gasteiger partial charge in [0.05, 0.1) is 6.42 Å². The van der Waals surface area contributed by atoms with Crippen molar-refractivity contribution in [2.45, 2.75) is 13.3 Å². The van der Waals surface area contributed by atoms with E-state index in [2.05, 4.69) is 10.6 Å². The van der Waals surface area contributed by atoms with Crippen molar-refractivity contribution in [3.05, 3.63) is 65.2 Å². The molecule has 0 saturated heterocycles. The highest BCUT2D eigenvalue weighted by Gasteiger charge is 2.08. The van der Waals surface area contributed by atoms with E-state index in [-0.39, 0.29) is 17.4 Å². The van der Waals surface area contributed by atoms with Gasteiger partial charge in [0.1, 0.15) is 0 Å². The lowest BCUT2D eigenvalue weighted by Gasteiger charge is -2.10. The number of primary amides is 1. The number of rotatable bonds is 4. The first-order chi connectivity index (χ1) is 11.0. The number of thiocarbonyl (C=S) groups is 1. The molecular weight excluding hydrogens is 310 g/mol. The second-order valence-corrected chi connectivity index (χ2v) is 5.46. The van der Waals surface area contributed by atoms with Crippen molar-refractivity contribution in [2.75, 3.05) is 5.32 Å². The minimum atomic E-state index is -0.495. The highest BCUT2D eigenvalue weighted by Crippen LogP contribution is 2.10. The number of carbonyl (C=O) groups is 2. The van der Waals surface area contributed by atoms with E-state index >= 15 is 0 Å². The first-order valence-electron chi connectivity index (χ1n) is 7.01. The molecule has 0 aliphatic heterocycles. The Labute approximate surface area is 139 Å². The Morgan fingerprint density at radius 2 is 1.74 bits per heavy atom. The van der Waals surface area contributed by atoms with Crippen LogP contribution in [0.2, 0.25) is 0 Å². The van der Waals surface area contributed by atoms with E-state index in [0.29, 0.717) is 11.3 Å². The molecule has 0 unspecified atom stereocenters. The summed E-state index contributed by atoms with van der Waals surface area (Å²) in [5.41, 5.74) is 8.26. The summed E-state index contributed by atoms with van der Waals surface area (Å²) in [5.74, 6) is -0.684. The van der Waals surface area contributed by atoms with E-state index in [0.717, 1.165) is 11.1 Å². The van der Waals surface area contributed by atoms with Crippen molar-refractivity contribution < 1.29 is 9.59 Å². The number of nitrogens with one attached hydrogen (secondary N) is 2. The van der Waals surface area contributed by atoms with Crippen LogP contribution in [0.25, 0.3) is 0 Å². The van der Waals surface area contributed by atoms with Gasteiger partial charge in [0.2, 0.25) is 11.8 Å². The third kappa shape index (κ3) is 4.89. The maximum absolute atomic E-state index is 12.0. The van der Waals surface area contributed by atoms with E-state index in [1.807, 2.05) is 31.2 Å². The SMILES string of the molecule is Cc1ccccc1CC(=O)NC(=S)Nc1ccc(C(N)=O)cc1. The van der Waals surface area contributed by atoms with Crippen molar-refractivity contribution in [3.8, 4) is 0 Å². The van der Waals surface area contributed by atoms with Crippen LogP contribution in [0.15, 0.2) is 48.5 Å². The summed E-state index contributed by atoms with van der Waals surface area (Å²) in [5, 5.41) is 5.72. The molecule has 0 spiro atoms. The Balaban J connectivity index is 1.90. The van der Waals surface area contributed by atoms with Gasteiger partial charge in [-0.1, -0.05) is 24.3 Å². The molecule has 2 rings (SSSR count). The molecule has 0 aliphatic carbocycles. The number of amides is 2. The Hall–Kier alpha value is -2.73. The zero-order chi connectivity index (χ0) is 16.8. The van der Waals surface area contributed by atoms with Gasteiger partial charge in [0, 0.05) is 11.3 Å². The van der Waals surface area contributed by atoms with Crippen LogP contribution >= 0.6 is 12.2 Å². The molecule has 4 N–H and O–H groups in total. The molecule has 0 bridgehead atoms. The molecule has 2 aromatic rings. The number of nitrogens with two attached hydrogens (primary N) is 1. The predicted octanol–water partition coefficient (Wildman–Crippen LogP) is 2.15. The summed E-state index contributed by atoms with van der Waals surface area (Å²) < 4.78 is 0. The number of carbonyl (C=O) groups excluding carboxylic acids is 2. The van der Waals surface area contributed by atoms with Crippen LogP contribution in [0.4, 0.5) is 5.69 Å². The Bertz CT molecular complexity index is 742. The zero-order valence-electron chi connectivity index (χ0n) is 12.6. The van der Waals surface area contributed by atoms with E-state index in [4.69, 9.17) is 18.0 Å². The second-order valence-electron chi connectivity index (χ2n) is 5.05. The standard InChI is InChI=1S/C17H17N3O2S/c1-11-4-2-3-5-13(11)10-15(21)20-17(23)19-14-8-6-12(7-9-14)16(18)22/h2-9H,10H2,1H3,(H2,18,22)(H2,19,20,21,23). The lowest BCUT2D eigenvalue weighted by atomic mass is 10.1. The van der Waals surface area contributed by atoms with Crippen molar-refractivity contribution in [2.24, 2.45) is 5.73 Å². The highest BCUT2D eigenvalue weighted by atomic mass is 32.1. The average Bonchev–Trinajstić information content (AvgIpc) is 2.50. The van der Waals surface area contributed by atoms with Crippen molar-refractivity contribution >= 4 is 34.8 Å². The van der Waals surface area contributed by atoms with Gasteiger partial charge >= 0.3 is 0 Å². The molecule has 0 radical (unpaired) electrons. The van der Waals surface area contributed by atoms with Crippen molar-refractivity contribution in [1.29, 1.82) is 0 Å². The van der Waals surface area contributed by atoms with Gasteiger partial charge < -0.3 is 16.4 Å². The minimum absolute atomic E-state index is 0.189. The van der Waals surface area contributed by atoms with Crippen LogP contribution in [0.1, 0.15) is 21.5 Å². The monoisotopic (exact) mass is 327 g/mol. The molecule has 2 amide bonds. The van der Waals surface area contributed by atoms with Crippen LogP contribution in [0, 0.1) is 6.92 Å². The fraction of sp³-hybridized carbons (Fsp3) is 0.118. The Morgan fingerprint density at radius 1 is 1.09 bits per heavy atom. The third-order valence-electron chi connectivity index (χ3n) is 3.29. The molecular formula is C17H17N3O2S. The van der Waals surface area contributed by atoms with Crippen LogP contribution in [0.5, 0.6) is 0 Å². The predicted molar refractivity (Wildman–Crippen MR) is 94.2 cm³/mol. The van der Waals surface area contributed by atoms with E-state index in [1.165, 1.54) is 0 Å². The van der Waals surface area contributed by atoms with Crippen LogP contribution < -0.4 is 16.4 Å². The van der Waals surface area contributed by atoms with E-state index in [1.54, 1.807) is 24.3 Å². The Morgan fingerprint density at radius 3 is 2.35 bits per heavy atom. The molecule has 0 atom stereocenters. The number of anilines is 1. The molecule has 118 valence electrons. The summed E-state index contributed by atoms with van der Waals surface area (Å²) in [7, 11) is 0. The van der Waals surface area contributed by atoms with Gasteiger partial charge in [-0.15, -0.1) is 0 Å². The molecule has 23 heavy (non-hydrogen) atoms. The van der Waals surface area contributed by atoms with Gasteiger partial charge in [-0.25, -0.2) is 0 Å². The number of benzene rings is 2. The lowest BCUT2D eigenvalue weighted by molar-refractivity contribution is -0.119. The summed E-state index contributed by atoms with van der Waals surface area (Å²) in [6, 6.07) is 14.2. The average molecular weight is 327 g/mol. The summed E-state index contributed by atoms with van der Waals surface area (Å²) in [4.78, 5) is 23.0. The number of aryl methyl sites for hydroxylation is 1. The van der Waals surface area contributed by atoms with E-state index < -0.39 is 5.91 Å². The van der Waals surface area contributed by atoms with Gasteiger partial charge in [-0.05, 0) is 54.5 Å². The van der Waals surface area contributed by atoms with Crippen LogP contribution in [0.3, 0.4) is 0 Å². The minimum Gasteiger partial charge on any atom is -0.366 e. The highest BCUT2D eigenvalue weighted by molar-refractivity contribution is 7.80. The fourth-order valence-electron chi connectivity index (χ4n) is 2.03. The van der Waals surface area contributed by atoms with Crippen molar-refractivity contribution in [1.82, 2.24) is 5.32 Å². The molecule has 0 aliphatic rings. The fourth-order valence-corrected chi connectivity index (χ4v) is 2.26. The first-order valence-corrected chi connectivity index (χ1v) is 7.42. The third-order valence-corrected chi connectivity index (χ3v) is 3.50. The normalized spacial score (nSPS) is 9.96. The van der Waals surface area contributed by atoms with Gasteiger partial charge in [0.15, 0.2) is 5.11 Å². The molecule has 0 aromatic heterocycles. The maximum Gasteiger partial charge on any atom is 0.248 e. The first kappa shape index (κ1) is 16.6. The summed E-state index contributed by atoms with van der Waals surface area (Å²) >= 11 is 5.11. The zero-order valence-corrected chi connectivity index (χ0v) is 13.4. The molecule has 0 heterocycles. The molecule has 0 saturated carbocycles. The van der Waals surface area contributed by atoms with Gasteiger partial charge in [-0.3, -0.25) is 9.59 Å². The van der Waals surface area contributed by atoms with Crippen LogP contribution in [-0.2, 0) is 11.2 Å². The van der Waals surface area contributed by atoms with Crippen molar-refractivity contribution in [3.63, 3.8) is 0 Å². The maximum atomic E-state index is 12.0. The topological polar surface area (TPSA) is 84.2 Å². The van der Waals surface area contributed by atoms with Gasteiger partial charge in [0.25, 0.3) is 0 Å². The molecule has 5 nitrogen and oxygen atoms in total. The summed E-state index contributed by atoms with van der Waals surface area (Å²) in [6.07, 6.45) is 0.259. The van der Waals surface area contributed by atoms with Gasteiger partial charge in [-0.2, -0.15) is 0 Å². The van der Waals surface area contributed by atoms with Crippen LogP contribution in [-0.4, -0.2) is 16.9 Å². The molecule has 0 fully saturated rings. The largest absolute Gasteiger partial charge is 0.366 e. The number of hydrogen-bond donors (Lipinski definition) is 3. The lowest BCUT2D eigenvalue weighted by Crippen LogP contribution is -2.35. The van der Waals surface area contributed by atoms with E-state index in [9.17, 15) is 9.59 Å². The molecule has 2 aromatic carbocycles. The summed E-state index contributed by atoms with van der Waals surface area (Å²) in [6.45, 7) is 1.96. The second kappa shape index (κ2) is 7.51. The Kier molecular flexibility index (Phi) is 5.43. The number of hydrogen-bond acceptors (Lipinski definition) is 3. The quantitative estimate of drug-likeness (QED) is 0.751. The smallest absolute Gasteiger partial charge is 0.248 e.